The van der Waals surface area contributed by atoms with Crippen LogP contribution in [0.5, 0.6) is 5.75 Å². The summed E-state index contributed by atoms with van der Waals surface area (Å²) >= 11 is 1.15. The first-order chi connectivity index (χ1) is 18.7. The fourth-order valence-electron chi connectivity index (χ4n) is 4.76. The number of thiophene rings is 1. The van der Waals surface area contributed by atoms with Crippen LogP contribution in [0.4, 0.5) is 0 Å². The zero-order valence-corrected chi connectivity index (χ0v) is 23.0. The average Bonchev–Trinajstić information content (AvgIpc) is 3.56. The Kier molecular flexibility index (Phi) is 7.90. The molecule has 1 aliphatic heterocycles. The molecule has 0 saturated carbocycles. The Morgan fingerprint density at radius 2 is 1.95 bits per heavy atom. The second-order valence-corrected chi connectivity index (χ2v) is 11.8. The number of aromatic nitrogens is 3. The first-order valence-corrected chi connectivity index (χ1v) is 14.9. The molecular formula is C25H28N3O9PS. The molecule has 14 heteroatoms. The standard InChI is InChI=1S/C25H28N3O9PS/c1-15-20-23(29)28(14-38(31,32)33)25(30)27(24(20)39-21(15)22-26-9-12-36-22)13-19(37-16-7-10-35-11-8-16)17-5-3-4-6-18(17)34-2/h3-6,9,12,16,19H,7-8,10-11,13-14H2,1-2H3,(H2,31,32,33)/t19-/m1/s1. The molecule has 0 bridgehead atoms. The summed E-state index contributed by atoms with van der Waals surface area (Å²) in [6.07, 6.45) is 2.33. The van der Waals surface area contributed by atoms with Gasteiger partial charge in [-0.3, -0.25) is 13.9 Å². The van der Waals surface area contributed by atoms with Gasteiger partial charge < -0.3 is 28.4 Å². The molecule has 1 atom stereocenters. The van der Waals surface area contributed by atoms with E-state index in [-0.39, 0.29) is 23.9 Å². The average molecular weight is 578 g/mol. The molecule has 0 radical (unpaired) electrons. The van der Waals surface area contributed by atoms with Crippen molar-refractivity contribution in [3.8, 4) is 16.5 Å². The highest BCUT2D eigenvalue weighted by molar-refractivity contribution is 7.50. The molecule has 0 amide bonds. The van der Waals surface area contributed by atoms with Crippen LogP contribution in [0.1, 0.15) is 30.1 Å². The molecule has 1 aromatic carbocycles. The lowest BCUT2D eigenvalue weighted by atomic mass is 10.1. The van der Waals surface area contributed by atoms with Gasteiger partial charge in [0.05, 0.1) is 36.2 Å². The molecule has 4 heterocycles. The third-order valence-corrected chi connectivity index (χ3v) is 8.56. The van der Waals surface area contributed by atoms with E-state index in [4.69, 9.17) is 18.6 Å². The topological polar surface area (TPSA) is 155 Å². The van der Waals surface area contributed by atoms with Gasteiger partial charge >= 0.3 is 13.3 Å². The van der Waals surface area contributed by atoms with Crippen molar-refractivity contribution < 1.29 is 33.0 Å². The van der Waals surface area contributed by atoms with Crippen LogP contribution in [0.15, 0.2) is 50.7 Å². The molecule has 1 fully saturated rings. The summed E-state index contributed by atoms with van der Waals surface area (Å²) in [5, 5.41) is 0.158. The second-order valence-electron chi connectivity index (χ2n) is 9.18. The predicted molar refractivity (Wildman–Crippen MR) is 143 cm³/mol. The summed E-state index contributed by atoms with van der Waals surface area (Å²) in [6, 6.07) is 7.29. The van der Waals surface area contributed by atoms with Gasteiger partial charge in [-0.25, -0.2) is 14.3 Å². The number of oxazole rings is 1. The summed E-state index contributed by atoms with van der Waals surface area (Å²) in [4.78, 5) is 51.6. The molecule has 208 valence electrons. The van der Waals surface area contributed by atoms with Gasteiger partial charge in [-0.2, -0.15) is 0 Å². The highest BCUT2D eigenvalue weighted by Crippen LogP contribution is 2.39. The molecular weight excluding hydrogens is 549 g/mol. The van der Waals surface area contributed by atoms with Crippen molar-refractivity contribution in [2.45, 2.75) is 44.8 Å². The van der Waals surface area contributed by atoms with E-state index in [0.717, 1.165) is 11.3 Å². The van der Waals surface area contributed by atoms with E-state index in [9.17, 15) is 23.9 Å². The number of fused-ring (bicyclic) bond motifs is 1. The number of para-hydroxylation sites is 1. The Balaban J connectivity index is 1.71. The fraction of sp³-hybridized carbons (Fsp3) is 0.400. The number of aryl methyl sites for hydroxylation is 1. The molecule has 3 aromatic heterocycles. The first-order valence-electron chi connectivity index (χ1n) is 12.2. The van der Waals surface area contributed by atoms with Crippen molar-refractivity contribution in [3.05, 3.63) is 68.7 Å². The number of hydrogen-bond donors (Lipinski definition) is 2. The predicted octanol–water partition coefficient (Wildman–Crippen LogP) is 3.27. The number of rotatable bonds is 9. The number of hydrogen-bond acceptors (Lipinski definition) is 9. The van der Waals surface area contributed by atoms with Crippen LogP contribution in [0.2, 0.25) is 0 Å². The van der Waals surface area contributed by atoms with E-state index in [1.165, 1.54) is 17.0 Å². The van der Waals surface area contributed by atoms with Crippen molar-refractivity contribution in [1.82, 2.24) is 14.1 Å². The summed E-state index contributed by atoms with van der Waals surface area (Å²) in [5.74, 6) is 0.832. The Morgan fingerprint density at radius 3 is 2.62 bits per heavy atom. The quantitative estimate of drug-likeness (QED) is 0.283. The minimum atomic E-state index is -4.77. The molecule has 39 heavy (non-hydrogen) atoms. The summed E-state index contributed by atoms with van der Waals surface area (Å²) < 4.78 is 36.9. The number of benzene rings is 1. The monoisotopic (exact) mass is 577 g/mol. The molecule has 5 rings (SSSR count). The number of nitrogens with zero attached hydrogens (tertiary/aromatic N) is 3. The lowest BCUT2D eigenvalue weighted by molar-refractivity contribution is -0.0753. The minimum Gasteiger partial charge on any atom is -0.496 e. The van der Waals surface area contributed by atoms with Gasteiger partial charge in [0.15, 0.2) is 0 Å². The zero-order valence-electron chi connectivity index (χ0n) is 21.3. The van der Waals surface area contributed by atoms with Crippen LogP contribution in [0.25, 0.3) is 21.0 Å². The number of methoxy groups -OCH3 is 1. The Labute approximate surface area is 226 Å². The smallest absolute Gasteiger partial charge is 0.345 e. The summed E-state index contributed by atoms with van der Waals surface area (Å²) in [5.41, 5.74) is -0.456. The van der Waals surface area contributed by atoms with Crippen LogP contribution in [-0.4, -0.2) is 50.3 Å². The van der Waals surface area contributed by atoms with E-state index >= 15 is 0 Å². The molecule has 0 aliphatic carbocycles. The Morgan fingerprint density at radius 1 is 1.21 bits per heavy atom. The highest BCUT2D eigenvalue weighted by Gasteiger charge is 2.29. The van der Waals surface area contributed by atoms with Crippen molar-refractivity contribution in [2.75, 3.05) is 20.3 Å². The molecule has 1 aliphatic rings. The summed E-state index contributed by atoms with van der Waals surface area (Å²) in [6.45, 7) is 2.74. The Hall–Kier alpha value is -3.06. The molecule has 4 aromatic rings. The zero-order chi connectivity index (χ0) is 27.7. The van der Waals surface area contributed by atoms with Crippen molar-refractivity contribution in [3.63, 3.8) is 0 Å². The van der Waals surface area contributed by atoms with Crippen LogP contribution < -0.4 is 16.0 Å². The van der Waals surface area contributed by atoms with Crippen LogP contribution in [0.3, 0.4) is 0 Å². The number of ether oxygens (including phenoxy) is 3. The van der Waals surface area contributed by atoms with Crippen molar-refractivity contribution in [2.24, 2.45) is 0 Å². The molecule has 0 unspecified atom stereocenters. The maximum atomic E-state index is 13.7. The second kappa shape index (κ2) is 11.2. The fourth-order valence-corrected chi connectivity index (χ4v) is 6.62. The minimum absolute atomic E-state index is 0.0422. The van der Waals surface area contributed by atoms with E-state index in [2.05, 4.69) is 4.98 Å². The summed E-state index contributed by atoms with van der Waals surface area (Å²) in [7, 11) is -3.23. The van der Waals surface area contributed by atoms with Crippen LogP contribution >= 0.6 is 18.9 Å². The molecule has 1 saturated heterocycles. The van der Waals surface area contributed by atoms with Crippen LogP contribution in [0, 0.1) is 6.92 Å². The molecule has 2 N–H and O–H groups in total. The van der Waals surface area contributed by atoms with E-state index in [0.29, 0.717) is 57.2 Å². The van der Waals surface area contributed by atoms with E-state index < -0.39 is 31.2 Å². The lowest BCUT2D eigenvalue weighted by Gasteiger charge is -2.29. The molecule has 0 spiro atoms. The van der Waals surface area contributed by atoms with Gasteiger partial charge in [-0.05, 0) is 31.4 Å². The van der Waals surface area contributed by atoms with E-state index in [1.54, 1.807) is 20.1 Å². The Bertz CT molecular complexity index is 1630. The highest BCUT2D eigenvalue weighted by atomic mass is 32.1. The van der Waals surface area contributed by atoms with Crippen molar-refractivity contribution >= 4 is 29.1 Å². The van der Waals surface area contributed by atoms with Crippen molar-refractivity contribution in [1.29, 1.82) is 0 Å². The van der Waals surface area contributed by atoms with Gasteiger partial charge in [0, 0.05) is 18.8 Å². The first kappa shape index (κ1) is 27.5. The van der Waals surface area contributed by atoms with Gasteiger partial charge in [0.25, 0.3) is 5.56 Å². The third-order valence-electron chi connectivity index (χ3n) is 6.61. The lowest BCUT2D eigenvalue weighted by Crippen LogP contribution is -2.41. The normalized spacial score (nSPS) is 15.6. The third kappa shape index (κ3) is 5.65. The maximum Gasteiger partial charge on any atom is 0.345 e. The largest absolute Gasteiger partial charge is 0.496 e. The molecule has 12 nitrogen and oxygen atoms in total. The van der Waals surface area contributed by atoms with E-state index in [1.807, 2.05) is 18.2 Å². The maximum absolute atomic E-state index is 13.7. The van der Waals surface area contributed by atoms with Gasteiger partial charge in [-0.15, -0.1) is 11.3 Å². The van der Waals surface area contributed by atoms with Gasteiger partial charge in [-0.1, -0.05) is 18.2 Å². The SMILES string of the molecule is COc1ccccc1[C@@H](Cn1c(=O)n(CP(=O)(O)O)c(=O)c2c(C)c(-c3ncco3)sc21)OC1CCOCC1. The van der Waals surface area contributed by atoms with Crippen LogP contribution in [-0.2, 0) is 26.9 Å². The van der Waals surface area contributed by atoms with Gasteiger partial charge in [0.2, 0.25) is 5.89 Å². The van der Waals surface area contributed by atoms with Gasteiger partial charge in [0.1, 0.15) is 29.2 Å².